The molecule has 2 aliphatic carbocycles. The van der Waals surface area contributed by atoms with Crippen molar-refractivity contribution in [1.29, 1.82) is 0 Å². The number of benzene rings is 1. The van der Waals surface area contributed by atoms with Crippen LogP contribution >= 0.6 is 0 Å². The number of fused-ring (bicyclic) bond motifs is 5. The Morgan fingerprint density at radius 2 is 1.79 bits per heavy atom. The van der Waals surface area contributed by atoms with Crippen LogP contribution in [-0.2, 0) is 41.7 Å². The van der Waals surface area contributed by atoms with Crippen molar-refractivity contribution >= 4 is 44.7 Å². The van der Waals surface area contributed by atoms with Gasteiger partial charge in [-0.15, -0.1) is 0 Å². The second-order valence-electron chi connectivity index (χ2n) is 19.9. The predicted molar refractivity (Wildman–Crippen MR) is 238 cm³/mol. The van der Waals surface area contributed by atoms with Crippen LogP contribution in [0.4, 0.5) is 18.0 Å². The number of allylic oxidation sites excluding steroid dienone is 1. The maximum absolute atomic E-state index is 15.1. The van der Waals surface area contributed by atoms with Gasteiger partial charge in [0.05, 0.1) is 16.8 Å². The van der Waals surface area contributed by atoms with Gasteiger partial charge in [-0.3, -0.25) is 19.1 Å². The Morgan fingerprint density at radius 1 is 1.05 bits per heavy atom. The number of hydrogen-bond donors (Lipinski definition) is 3. The molecule has 66 heavy (non-hydrogen) atoms. The molecule has 2 aromatic rings. The number of nitrogens with zero attached hydrogens (tertiary/aromatic N) is 3. The van der Waals surface area contributed by atoms with E-state index in [1.807, 2.05) is 19.9 Å². The Balaban J connectivity index is 1.14. The monoisotopic (exact) mass is 944 g/mol. The summed E-state index contributed by atoms with van der Waals surface area (Å²) in [7, 11) is -4.10. The first-order valence-corrected chi connectivity index (χ1v) is 25.1. The fourth-order valence-electron chi connectivity index (χ4n) is 9.79. The van der Waals surface area contributed by atoms with E-state index in [4.69, 9.17) is 14.2 Å². The highest BCUT2D eigenvalue weighted by molar-refractivity contribution is 7.91. The fourth-order valence-corrected chi connectivity index (χ4v) is 11.1. The molecule has 4 fully saturated rings. The Hall–Kier alpha value is -4.65. The van der Waals surface area contributed by atoms with Crippen LogP contribution < -0.4 is 24.8 Å². The van der Waals surface area contributed by atoms with Gasteiger partial charge in [-0.2, -0.15) is 13.2 Å². The van der Waals surface area contributed by atoms with Crippen molar-refractivity contribution in [3.63, 3.8) is 0 Å². The minimum Gasteiger partial charge on any atom is -0.490 e. The summed E-state index contributed by atoms with van der Waals surface area (Å²) in [4.78, 5) is 64.8. The first-order chi connectivity index (χ1) is 31.2. The molecule has 2 saturated carbocycles. The van der Waals surface area contributed by atoms with E-state index in [0.29, 0.717) is 49.7 Å². The molecule has 0 radical (unpaired) electrons. The minimum atomic E-state index is -4.94. The van der Waals surface area contributed by atoms with Crippen molar-refractivity contribution in [2.75, 3.05) is 26.2 Å². The van der Waals surface area contributed by atoms with Gasteiger partial charge in [0.15, 0.2) is 11.4 Å². The number of alkyl halides is 3. The number of piperidine rings is 1. The molecule has 19 heteroatoms. The van der Waals surface area contributed by atoms with Gasteiger partial charge in [0.1, 0.15) is 41.2 Å². The highest BCUT2D eigenvalue weighted by Crippen LogP contribution is 2.51. The number of carbonyl (C=O) groups is 4. The number of aryl methyl sites for hydroxylation is 1. The molecular formula is C47H63F3N6O9S. The number of sulfonamides is 1. The largest absolute Gasteiger partial charge is 0.490 e. The number of halogens is 3. The van der Waals surface area contributed by atoms with Crippen molar-refractivity contribution in [3.05, 3.63) is 41.6 Å². The maximum atomic E-state index is 15.1. The van der Waals surface area contributed by atoms with Gasteiger partial charge < -0.3 is 34.6 Å². The SMILES string of the molecule is CCN1CCC(Oc2ccc3nc(C(F)(F)F)c4c(c3c2)CCC2(CC3C(=O)NC5(C(=O)NS(=O)(=O)C6(C)CC6)CC5C=CCCCCCC(NC(=O)OC(C)C(C)C)C(=O)N3C2)O4)CC1. The molecule has 5 heterocycles. The van der Waals surface area contributed by atoms with Crippen LogP contribution in [0.1, 0.15) is 123 Å². The van der Waals surface area contributed by atoms with Crippen LogP contribution in [0.5, 0.6) is 11.5 Å². The second kappa shape index (κ2) is 18.1. The molecular weight excluding hydrogens is 882 g/mol. The summed E-state index contributed by atoms with van der Waals surface area (Å²) in [5.41, 5.74) is -4.06. The summed E-state index contributed by atoms with van der Waals surface area (Å²) in [5.74, 6) is -2.96. The van der Waals surface area contributed by atoms with Crippen molar-refractivity contribution in [3.8, 4) is 11.5 Å². The topological polar surface area (TPSA) is 186 Å². The molecule has 6 unspecified atom stereocenters. The number of amides is 4. The zero-order valence-electron chi connectivity index (χ0n) is 38.4. The predicted octanol–water partition coefficient (Wildman–Crippen LogP) is 6.31. The van der Waals surface area contributed by atoms with Gasteiger partial charge in [0.2, 0.25) is 21.8 Å². The number of hydrogen-bond acceptors (Lipinski definition) is 11. The van der Waals surface area contributed by atoms with Crippen LogP contribution in [0.15, 0.2) is 30.4 Å². The summed E-state index contributed by atoms with van der Waals surface area (Å²) >= 11 is 0. The lowest BCUT2D eigenvalue weighted by Gasteiger charge is -2.37. The third-order valence-electron chi connectivity index (χ3n) is 14.9. The summed E-state index contributed by atoms with van der Waals surface area (Å²) in [5, 5.41) is 5.98. The highest BCUT2D eigenvalue weighted by Gasteiger charge is 2.64. The molecule has 4 aliphatic heterocycles. The molecule has 1 spiro atoms. The van der Waals surface area contributed by atoms with Crippen LogP contribution in [0.2, 0.25) is 0 Å². The quantitative estimate of drug-likeness (QED) is 0.239. The maximum Gasteiger partial charge on any atom is 0.437 e. The fraction of sp³-hybridized carbons (Fsp3) is 0.681. The van der Waals surface area contributed by atoms with E-state index in [9.17, 15) is 27.6 Å². The summed E-state index contributed by atoms with van der Waals surface area (Å²) in [6.45, 7) is 11.5. The summed E-state index contributed by atoms with van der Waals surface area (Å²) in [6, 6.07) is 2.27. The Bertz CT molecular complexity index is 2370. The number of nitrogens with one attached hydrogen (secondary N) is 3. The van der Waals surface area contributed by atoms with Gasteiger partial charge in [-0.05, 0) is 109 Å². The first kappa shape index (κ1) is 47.8. The average Bonchev–Trinajstić information content (AvgIpc) is 4.16. The van der Waals surface area contributed by atoms with Gasteiger partial charge in [0, 0.05) is 36.4 Å². The van der Waals surface area contributed by atoms with E-state index in [2.05, 4.69) is 32.2 Å². The molecule has 4 amide bonds. The van der Waals surface area contributed by atoms with Gasteiger partial charge in [0.25, 0.3) is 5.91 Å². The zero-order valence-corrected chi connectivity index (χ0v) is 39.2. The van der Waals surface area contributed by atoms with E-state index >= 15 is 13.2 Å². The van der Waals surface area contributed by atoms with Crippen LogP contribution in [0.25, 0.3) is 10.9 Å². The number of alkyl carbamates (subject to hydrolysis) is 1. The molecule has 362 valence electrons. The zero-order chi connectivity index (χ0) is 47.4. The standard InChI is InChI=1S/C47H63F3N6O9S/c1-6-55-22-17-31(18-23-55)64-32-14-15-35-34(24-32)33-16-19-45(65-38(33)39(51-35)47(48,49)50)26-37-40(57)53-46(42(59)54-66(61,62)44(5)20-21-44)25-30(46)12-10-8-7-9-11-13-36(41(58)56(37)27-45)52-43(60)63-29(4)28(2)3/h10,12,14-15,24,28-31,36-37H,6-9,11,13,16-23,25-27H2,1-5H3,(H,52,60)(H,53,57)(H,54,59). The van der Waals surface area contributed by atoms with Crippen molar-refractivity contribution in [2.24, 2.45) is 11.8 Å². The van der Waals surface area contributed by atoms with E-state index < -0.39 is 91.5 Å². The Labute approximate surface area is 384 Å². The lowest BCUT2D eigenvalue weighted by molar-refractivity contribution is -0.144. The molecule has 6 atom stereocenters. The number of rotatable bonds is 9. The van der Waals surface area contributed by atoms with Crippen LogP contribution in [0.3, 0.4) is 0 Å². The normalized spacial score (nSPS) is 28.8. The van der Waals surface area contributed by atoms with Crippen molar-refractivity contribution in [1.82, 2.24) is 30.1 Å². The van der Waals surface area contributed by atoms with Crippen molar-refractivity contribution < 1.29 is 55.0 Å². The summed E-state index contributed by atoms with van der Waals surface area (Å²) < 4.78 is 91.3. The average molecular weight is 945 g/mol. The molecule has 0 bridgehead atoms. The van der Waals surface area contributed by atoms with Gasteiger partial charge in [-0.1, -0.05) is 45.8 Å². The summed E-state index contributed by atoms with van der Waals surface area (Å²) in [6.07, 6.45) is 2.37. The smallest absolute Gasteiger partial charge is 0.437 e. The minimum absolute atomic E-state index is 0.0283. The molecule has 2 saturated heterocycles. The second-order valence-corrected chi connectivity index (χ2v) is 22.1. The molecule has 15 nitrogen and oxygen atoms in total. The third-order valence-corrected chi connectivity index (χ3v) is 17.0. The van der Waals surface area contributed by atoms with E-state index in [1.54, 1.807) is 32.1 Å². The Morgan fingerprint density at radius 3 is 2.47 bits per heavy atom. The third kappa shape index (κ3) is 9.70. The van der Waals surface area contributed by atoms with Crippen LogP contribution in [0, 0.1) is 11.8 Å². The van der Waals surface area contributed by atoms with Crippen molar-refractivity contribution in [2.45, 2.75) is 164 Å². The Kier molecular flexibility index (Phi) is 13.1. The molecule has 1 aromatic heterocycles. The number of ether oxygens (including phenoxy) is 3. The molecule has 1 aromatic carbocycles. The number of carbonyl (C=O) groups excluding carboxylic acids is 4. The number of aromatic nitrogens is 1. The van der Waals surface area contributed by atoms with Crippen LogP contribution in [-0.4, -0.2) is 113 Å². The van der Waals surface area contributed by atoms with E-state index in [0.717, 1.165) is 32.5 Å². The lowest BCUT2D eigenvalue weighted by Crippen LogP contribution is -2.58. The first-order valence-electron chi connectivity index (χ1n) is 23.6. The number of likely N-dealkylation sites (tertiary alicyclic amines) is 1. The molecule has 8 rings (SSSR count). The number of pyridine rings is 1. The van der Waals surface area contributed by atoms with Gasteiger partial charge in [-0.25, -0.2) is 18.2 Å². The highest BCUT2D eigenvalue weighted by atomic mass is 32.2. The molecule has 3 N–H and O–H groups in total. The lowest BCUT2D eigenvalue weighted by atomic mass is 9.87. The van der Waals surface area contributed by atoms with E-state index in [-0.39, 0.29) is 61.8 Å². The van der Waals surface area contributed by atoms with E-state index in [1.165, 1.54) is 11.0 Å². The molecule has 6 aliphatic rings. The van der Waals surface area contributed by atoms with Gasteiger partial charge >= 0.3 is 12.3 Å².